The normalized spacial score (nSPS) is 16.0. The van der Waals surface area contributed by atoms with Gasteiger partial charge in [0.25, 0.3) is 0 Å². The predicted molar refractivity (Wildman–Crippen MR) is 125 cm³/mol. The van der Waals surface area contributed by atoms with Crippen molar-refractivity contribution in [2.45, 2.75) is 18.9 Å². The second kappa shape index (κ2) is 9.64. The molecule has 6 heteroatoms. The summed E-state index contributed by atoms with van der Waals surface area (Å²) in [7, 11) is 0. The van der Waals surface area contributed by atoms with Crippen LogP contribution in [0.4, 0.5) is 5.69 Å². The van der Waals surface area contributed by atoms with Crippen LogP contribution in [0.25, 0.3) is 10.4 Å². The van der Waals surface area contributed by atoms with Gasteiger partial charge in [0.1, 0.15) is 0 Å². The Bertz CT molecular complexity index is 997. The van der Waals surface area contributed by atoms with Gasteiger partial charge in [-0.05, 0) is 47.2 Å². The van der Waals surface area contributed by atoms with Gasteiger partial charge in [-0.25, -0.2) is 0 Å². The average Bonchev–Trinajstić information content (AvgIpc) is 3.32. The van der Waals surface area contributed by atoms with Gasteiger partial charge in [0, 0.05) is 23.7 Å². The monoisotopic (exact) mass is 436 g/mol. The van der Waals surface area contributed by atoms with Crippen LogP contribution in [0.2, 0.25) is 0 Å². The average molecular weight is 437 g/mol. The molecule has 1 fully saturated rings. The van der Waals surface area contributed by atoms with E-state index in [1.165, 1.54) is 0 Å². The topological polar surface area (TPSA) is 64.8 Å². The van der Waals surface area contributed by atoms with Gasteiger partial charge in [0.05, 0.1) is 31.8 Å². The molecule has 4 rings (SSSR count). The van der Waals surface area contributed by atoms with Gasteiger partial charge >= 0.3 is 5.97 Å². The Balaban J connectivity index is 1.66. The number of thiophene rings is 1. The number of nitrogens with zero attached hydrogens (tertiary/aromatic N) is 1. The number of anilines is 1. The number of esters is 1. The molecule has 5 nitrogen and oxygen atoms in total. The van der Waals surface area contributed by atoms with E-state index in [1.54, 1.807) is 11.3 Å². The maximum atomic E-state index is 12.5. The maximum absolute atomic E-state index is 12.5. The zero-order chi connectivity index (χ0) is 21.7. The van der Waals surface area contributed by atoms with Crippen LogP contribution in [0.1, 0.15) is 24.5 Å². The van der Waals surface area contributed by atoms with Gasteiger partial charge < -0.3 is 20.1 Å². The Morgan fingerprint density at radius 2 is 1.81 bits per heavy atom. The highest BCUT2D eigenvalue weighted by atomic mass is 32.1. The molecule has 0 saturated carbocycles. The number of ether oxygens (including phenoxy) is 2. The summed E-state index contributed by atoms with van der Waals surface area (Å²) in [6, 6.07) is 20.5. The third-order valence-electron chi connectivity index (χ3n) is 5.66. The molecule has 1 aromatic heterocycles. The van der Waals surface area contributed by atoms with Gasteiger partial charge in [-0.2, -0.15) is 0 Å². The summed E-state index contributed by atoms with van der Waals surface area (Å²) in [5.74, 6) is -0.297. The minimum absolute atomic E-state index is 0.0860. The third kappa shape index (κ3) is 4.82. The first kappa shape index (κ1) is 21.6. The van der Waals surface area contributed by atoms with Crippen LogP contribution < -0.4 is 10.6 Å². The van der Waals surface area contributed by atoms with E-state index in [-0.39, 0.29) is 12.4 Å². The van der Waals surface area contributed by atoms with E-state index in [9.17, 15) is 4.79 Å². The molecule has 162 valence electrons. The quantitative estimate of drug-likeness (QED) is 0.556. The Morgan fingerprint density at radius 1 is 1.10 bits per heavy atom. The smallest absolute Gasteiger partial charge is 0.308 e. The zero-order valence-corrected chi connectivity index (χ0v) is 18.6. The fourth-order valence-corrected chi connectivity index (χ4v) is 4.93. The molecule has 2 aromatic carbocycles. The van der Waals surface area contributed by atoms with E-state index in [0.29, 0.717) is 6.61 Å². The molecule has 0 spiro atoms. The summed E-state index contributed by atoms with van der Waals surface area (Å²) in [5.41, 5.74) is 10.1. The molecule has 1 saturated heterocycles. The Morgan fingerprint density at radius 3 is 2.48 bits per heavy atom. The number of morpholine rings is 1. The molecule has 3 aromatic rings. The third-order valence-corrected chi connectivity index (χ3v) is 6.64. The Hall–Kier alpha value is -2.67. The van der Waals surface area contributed by atoms with Crippen molar-refractivity contribution < 1.29 is 14.3 Å². The lowest BCUT2D eigenvalue weighted by Crippen LogP contribution is -2.40. The molecule has 31 heavy (non-hydrogen) atoms. The lowest BCUT2D eigenvalue weighted by Gasteiger charge is -2.31. The van der Waals surface area contributed by atoms with E-state index in [0.717, 1.165) is 53.6 Å². The maximum Gasteiger partial charge on any atom is 0.308 e. The van der Waals surface area contributed by atoms with Crippen LogP contribution in [-0.4, -0.2) is 38.9 Å². The summed E-state index contributed by atoms with van der Waals surface area (Å²) in [6.45, 7) is 5.38. The van der Waals surface area contributed by atoms with Gasteiger partial charge in [-0.3, -0.25) is 4.79 Å². The van der Waals surface area contributed by atoms with Crippen LogP contribution in [0.5, 0.6) is 0 Å². The fourth-order valence-electron chi connectivity index (χ4n) is 3.93. The lowest BCUT2D eigenvalue weighted by molar-refractivity contribution is -0.144. The van der Waals surface area contributed by atoms with Gasteiger partial charge in [0.15, 0.2) is 0 Å². The molecular formula is C25H28N2O3S. The summed E-state index contributed by atoms with van der Waals surface area (Å²) in [4.78, 5) is 15.9. The van der Waals surface area contributed by atoms with Crippen molar-refractivity contribution in [3.05, 3.63) is 77.2 Å². The number of hydrogen-bond donors (Lipinski definition) is 1. The molecular weight excluding hydrogens is 408 g/mol. The van der Waals surface area contributed by atoms with Crippen molar-refractivity contribution in [1.82, 2.24) is 0 Å². The number of carbonyl (C=O) groups is 1. The van der Waals surface area contributed by atoms with Crippen molar-refractivity contribution in [3.63, 3.8) is 0 Å². The number of carbonyl (C=O) groups excluding carboxylic acids is 1. The van der Waals surface area contributed by atoms with Crippen LogP contribution in [0, 0.1) is 0 Å². The first-order valence-electron chi connectivity index (χ1n) is 10.6. The second-order valence-corrected chi connectivity index (χ2v) is 8.58. The van der Waals surface area contributed by atoms with Gasteiger partial charge in [0.2, 0.25) is 0 Å². The number of rotatable bonds is 7. The van der Waals surface area contributed by atoms with Gasteiger partial charge in [-0.1, -0.05) is 42.5 Å². The van der Waals surface area contributed by atoms with Crippen molar-refractivity contribution in [2.24, 2.45) is 5.73 Å². The molecule has 2 heterocycles. The minimum atomic E-state index is -0.959. The zero-order valence-electron chi connectivity index (χ0n) is 17.8. The van der Waals surface area contributed by atoms with E-state index in [1.807, 2.05) is 37.3 Å². The van der Waals surface area contributed by atoms with E-state index in [2.05, 4.69) is 40.6 Å². The summed E-state index contributed by atoms with van der Waals surface area (Å²) >= 11 is 1.64. The number of hydrogen-bond acceptors (Lipinski definition) is 6. The summed E-state index contributed by atoms with van der Waals surface area (Å²) < 4.78 is 10.7. The standard InChI is InChI=1S/C25H28N2O3S/c1-2-30-24(28)17-25(26,21-16-23(31-18-21)19-6-4-3-5-7-19)20-8-10-22(11-9-20)27-12-14-29-15-13-27/h3-11,16,18H,2,12-15,17,26H2,1H3. The largest absolute Gasteiger partial charge is 0.466 e. The fraction of sp³-hybridized carbons (Fsp3) is 0.320. The molecule has 0 amide bonds. The van der Waals surface area contributed by atoms with Crippen molar-refractivity contribution in [3.8, 4) is 10.4 Å². The lowest BCUT2D eigenvalue weighted by atomic mass is 9.82. The summed E-state index contributed by atoms with van der Waals surface area (Å²) in [5, 5.41) is 2.05. The highest BCUT2D eigenvalue weighted by Crippen LogP contribution is 2.37. The second-order valence-electron chi connectivity index (χ2n) is 7.67. The van der Waals surface area contributed by atoms with Crippen molar-refractivity contribution in [2.75, 3.05) is 37.8 Å². The van der Waals surface area contributed by atoms with Gasteiger partial charge in [-0.15, -0.1) is 11.3 Å². The molecule has 1 aliphatic heterocycles. The molecule has 2 N–H and O–H groups in total. The van der Waals surface area contributed by atoms with E-state index in [4.69, 9.17) is 15.2 Å². The highest BCUT2D eigenvalue weighted by Gasteiger charge is 2.34. The van der Waals surface area contributed by atoms with Crippen LogP contribution in [-0.2, 0) is 19.8 Å². The first-order valence-corrected chi connectivity index (χ1v) is 11.5. The molecule has 0 aliphatic carbocycles. The SMILES string of the molecule is CCOC(=O)CC(N)(c1ccc(N2CCOCC2)cc1)c1csc(-c2ccccc2)c1. The van der Waals surface area contributed by atoms with E-state index < -0.39 is 5.54 Å². The molecule has 1 unspecified atom stereocenters. The van der Waals surface area contributed by atoms with Crippen LogP contribution >= 0.6 is 11.3 Å². The van der Waals surface area contributed by atoms with E-state index >= 15 is 0 Å². The number of nitrogens with two attached hydrogens (primary N) is 1. The predicted octanol–water partition coefficient (Wildman–Crippen LogP) is 4.41. The number of benzene rings is 2. The Kier molecular flexibility index (Phi) is 6.70. The molecule has 0 radical (unpaired) electrons. The minimum Gasteiger partial charge on any atom is -0.466 e. The molecule has 1 aliphatic rings. The van der Waals surface area contributed by atoms with Crippen molar-refractivity contribution >= 4 is 23.0 Å². The van der Waals surface area contributed by atoms with Crippen LogP contribution in [0.3, 0.4) is 0 Å². The molecule has 1 atom stereocenters. The molecule has 0 bridgehead atoms. The Labute approximate surface area is 187 Å². The highest BCUT2D eigenvalue weighted by molar-refractivity contribution is 7.13. The van der Waals surface area contributed by atoms with Crippen LogP contribution in [0.15, 0.2) is 66.0 Å². The summed E-state index contributed by atoms with van der Waals surface area (Å²) in [6.07, 6.45) is 0.0860. The first-order chi connectivity index (χ1) is 15.1. The van der Waals surface area contributed by atoms with Crippen molar-refractivity contribution in [1.29, 1.82) is 0 Å².